The number of rotatable bonds is 1. The van der Waals surface area contributed by atoms with Crippen LogP contribution in [0, 0.1) is 0 Å². The van der Waals surface area contributed by atoms with Crippen LogP contribution in [-0.4, -0.2) is 49.1 Å². The summed E-state index contributed by atoms with van der Waals surface area (Å²) in [6, 6.07) is 4.04. The first kappa shape index (κ1) is 13.7. The second-order valence-electron chi connectivity index (χ2n) is 4.69. The van der Waals surface area contributed by atoms with Gasteiger partial charge in [-0.2, -0.15) is 8.78 Å². The second-order valence-corrected chi connectivity index (χ2v) is 4.69. The number of amides is 2. The van der Waals surface area contributed by atoms with Gasteiger partial charge in [0.05, 0.1) is 18.9 Å². The number of carbonyl (C=O) groups is 2. The lowest BCUT2D eigenvalue weighted by atomic mass is 10.1. The summed E-state index contributed by atoms with van der Waals surface area (Å²) in [5.74, 6) is -2.04. The molecule has 2 aliphatic rings. The summed E-state index contributed by atoms with van der Waals surface area (Å²) < 4.78 is 36.0. The van der Waals surface area contributed by atoms with Crippen LogP contribution >= 0.6 is 0 Å². The number of nitrogens with zero attached hydrogens (tertiary/aromatic N) is 1. The fourth-order valence-electron chi connectivity index (χ4n) is 2.17. The summed E-state index contributed by atoms with van der Waals surface area (Å²) in [7, 11) is 0. The van der Waals surface area contributed by atoms with Crippen molar-refractivity contribution in [2.24, 2.45) is 0 Å². The molecular weight excluding hydrogens is 286 g/mol. The molecule has 0 aliphatic carbocycles. The normalized spacial score (nSPS) is 20.3. The number of nitrogens with one attached hydrogen (secondary N) is 1. The number of anilines is 1. The molecule has 2 aliphatic heterocycles. The standard InChI is InChI=1S/C13H12F2N2O4/c14-13(15)12(19)16-9-2-1-8(7-10(9)21-13)11(18)17-3-5-20-6-4-17/h1-2,7H,3-6H2,(H,16,19). The summed E-state index contributed by atoms with van der Waals surface area (Å²) in [5.41, 5.74) is 0.340. The molecule has 6 nitrogen and oxygen atoms in total. The first-order valence-electron chi connectivity index (χ1n) is 6.37. The van der Waals surface area contributed by atoms with E-state index in [0.717, 1.165) is 0 Å². The third kappa shape index (κ3) is 2.54. The average Bonchev–Trinajstić information content (AvgIpc) is 2.48. The van der Waals surface area contributed by atoms with Gasteiger partial charge >= 0.3 is 12.0 Å². The van der Waals surface area contributed by atoms with E-state index in [9.17, 15) is 18.4 Å². The maximum atomic E-state index is 13.2. The van der Waals surface area contributed by atoms with Crippen LogP contribution in [0.15, 0.2) is 18.2 Å². The number of alkyl halides is 2. The molecule has 0 saturated carbocycles. The van der Waals surface area contributed by atoms with Gasteiger partial charge in [0.25, 0.3) is 5.91 Å². The second kappa shape index (κ2) is 4.96. The third-order valence-electron chi connectivity index (χ3n) is 3.28. The number of benzene rings is 1. The Kier molecular flexibility index (Phi) is 3.25. The summed E-state index contributed by atoms with van der Waals surface area (Å²) in [4.78, 5) is 24.9. The molecule has 0 radical (unpaired) electrons. The van der Waals surface area contributed by atoms with Crippen LogP contribution in [0.3, 0.4) is 0 Å². The van der Waals surface area contributed by atoms with Crippen molar-refractivity contribution >= 4 is 17.5 Å². The number of halogens is 2. The van der Waals surface area contributed by atoms with Gasteiger partial charge in [0.2, 0.25) is 0 Å². The lowest BCUT2D eigenvalue weighted by Crippen LogP contribution is -2.43. The highest BCUT2D eigenvalue weighted by atomic mass is 19.3. The van der Waals surface area contributed by atoms with Gasteiger partial charge in [0.1, 0.15) is 0 Å². The van der Waals surface area contributed by atoms with Gasteiger partial charge in [0, 0.05) is 18.7 Å². The maximum Gasteiger partial charge on any atom is 0.482 e. The Balaban J connectivity index is 1.86. The molecule has 0 aromatic heterocycles. The fourth-order valence-corrected chi connectivity index (χ4v) is 2.17. The lowest BCUT2D eigenvalue weighted by molar-refractivity contribution is -0.189. The van der Waals surface area contributed by atoms with Gasteiger partial charge < -0.3 is 19.7 Å². The van der Waals surface area contributed by atoms with Gasteiger partial charge in [-0.15, -0.1) is 0 Å². The molecule has 0 spiro atoms. The highest BCUT2D eigenvalue weighted by Gasteiger charge is 2.46. The summed E-state index contributed by atoms with van der Waals surface area (Å²) in [6.45, 7) is 1.79. The molecule has 1 N–H and O–H groups in total. The SMILES string of the molecule is O=C(c1ccc2c(c1)OC(F)(F)C(=O)N2)N1CCOCC1. The van der Waals surface area contributed by atoms with Gasteiger partial charge in [-0.1, -0.05) is 0 Å². The Morgan fingerprint density at radius 2 is 2.00 bits per heavy atom. The van der Waals surface area contributed by atoms with E-state index in [4.69, 9.17) is 4.74 Å². The largest absolute Gasteiger partial charge is 0.482 e. The number of carbonyl (C=O) groups excluding carboxylic acids is 2. The summed E-state index contributed by atoms with van der Waals surface area (Å²) in [6.07, 6.45) is -3.94. The van der Waals surface area contributed by atoms with Crippen molar-refractivity contribution in [1.29, 1.82) is 0 Å². The van der Waals surface area contributed by atoms with E-state index >= 15 is 0 Å². The average molecular weight is 298 g/mol. The smallest absolute Gasteiger partial charge is 0.423 e. The van der Waals surface area contributed by atoms with E-state index in [1.54, 1.807) is 4.90 Å². The monoisotopic (exact) mass is 298 g/mol. The Labute approximate surface area is 118 Å². The molecular formula is C13H12F2N2O4. The van der Waals surface area contributed by atoms with Crippen LogP contribution in [0.5, 0.6) is 5.75 Å². The molecule has 1 aromatic rings. The van der Waals surface area contributed by atoms with Crippen molar-refractivity contribution in [2.75, 3.05) is 31.6 Å². The van der Waals surface area contributed by atoms with Crippen LogP contribution < -0.4 is 10.1 Å². The molecule has 3 rings (SSSR count). The predicted octanol–water partition coefficient (Wildman–Crippen LogP) is 1.08. The minimum Gasteiger partial charge on any atom is -0.423 e. The number of hydrogen-bond donors (Lipinski definition) is 1. The van der Waals surface area contributed by atoms with Crippen LogP contribution in [0.25, 0.3) is 0 Å². The minimum absolute atomic E-state index is 0.115. The van der Waals surface area contributed by atoms with Crippen LogP contribution in [-0.2, 0) is 9.53 Å². The van der Waals surface area contributed by atoms with E-state index in [2.05, 4.69) is 4.74 Å². The molecule has 112 valence electrons. The number of hydrogen-bond acceptors (Lipinski definition) is 4. The van der Waals surface area contributed by atoms with E-state index in [0.29, 0.717) is 26.3 Å². The summed E-state index contributed by atoms with van der Waals surface area (Å²) >= 11 is 0. The van der Waals surface area contributed by atoms with Crippen LogP contribution in [0.4, 0.5) is 14.5 Å². The molecule has 21 heavy (non-hydrogen) atoms. The number of ether oxygens (including phenoxy) is 2. The maximum absolute atomic E-state index is 13.2. The van der Waals surface area contributed by atoms with Gasteiger partial charge in [-0.3, -0.25) is 9.59 Å². The molecule has 0 atom stereocenters. The molecule has 2 heterocycles. The van der Waals surface area contributed by atoms with E-state index in [1.807, 2.05) is 5.32 Å². The zero-order valence-corrected chi connectivity index (χ0v) is 10.9. The quantitative estimate of drug-likeness (QED) is 0.842. The lowest BCUT2D eigenvalue weighted by Gasteiger charge is -2.28. The van der Waals surface area contributed by atoms with E-state index < -0.39 is 12.0 Å². The molecule has 0 unspecified atom stereocenters. The number of morpholine rings is 1. The van der Waals surface area contributed by atoms with Crippen molar-refractivity contribution < 1.29 is 27.8 Å². The van der Waals surface area contributed by atoms with Gasteiger partial charge in [-0.25, -0.2) is 0 Å². The van der Waals surface area contributed by atoms with Crippen LogP contribution in [0.1, 0.15) is 10.4 Å². The van der Waals surface area contributed by atoms with Crippen molar-refractivity contribution in [3.8, 4) is 5.75 Å². The Morgan fingerprint density at radius 3 is 2.71 bits per heavy atom. The minimum atomic E-state index is -3.94. The van der Waals surface area contributed by atoms with E-state index in [1.165, 1.54) is 18.2 Å². The molecule has 1 aromatic carbocycles. The molecule has 8 heteroatoms. The van der Waals surface area contributed by atoms with Gasteiger partial charge in [0.15, 0.2) is 5.75 Å². The van der Waals surface area contributed by atoms with E-state index in [-0.39, 0.29) is 22.9 Å². The first-order chi connectivity index (χ1) is 9.97. The summed E-state index contributed by atoms with van der Waals surface area (Å²) in [5, 5.41) is 2.04. The number of fused-ring (bicyclic) bond motifs is 1. The fraction of sp³-hybridized carbons (Fsp3) is 0.385. The van der Waals surface area contributed by atoms with Crippen LogP contribution in [0.2, 0.25) is 0 Å². The molecule has 1 saturated heterocycles. The van der Waals surface area contributed by atoms with Crippen molar-refractivity contribution in [3.63, 3.8) is 0 Å². The highest BCUT2D eigenvalue weighted by Crippen LogP contribution is 2.36. The predicted molar refractivity (Wildman–Crippen MR) is 67.4 cm³/mol. The molecule has 2 amide bonds. The third-order valence-corrected chi connectivity index (χ3v) is 3.28. The van der Waals surface area contributed by atoms with Gasteiger partial charge in [-0.05, 0) is 18.2 Å². The van der Waals surface area contributed by atoms with Crippen molar-refractivity contribution in [2.45, 2.75) is 6.11 Å². The zero-order chi connectivity index (χ0) is 15.0. The Bertz CT molecular complexity index is 600. The topological polar surface area (TPSA) is 67.9 Å². The zero-order valence-electron chi connectivity index (χ0n) is 10.9. The molecule has 0 bridgehead atoms. The Hall–Kier alpha value is -2.22. The Morgan fingerprint density at radius 1 is 1.29 bits per heavy atom. The van der Waals surface area contributed by atoms with Crippen molar-refractivity contribution in [3.05, 3.63) is 23.8 Å². The van der Waals surface area contributed by atoms with Crippen molar-refractivity contribution in [1.82, 2.24) is 4.90 Å². The first-order valence-corrected chi connectivity index (χ1v) is 6.37. The molecule has 1 fully saturated rings. The highest BCUT2D eigenvalue weighted by molar-refractivity contribution is 6.00.